The van der Waals surface area contributed by atoms with Crippen molar-refractivity contribution in [1.82, 2.24) is 4.90 Å². The molecule has 162 valence electrons. The van der Waals surface area contributed by atoms with E-state index in [1.165, 1.54) is 0 Å². The van der Waals surface area contributed by atoms with Crippen LogP contribution in [0.4, 0.5) is 0 Å². The zero-order valence-electron chi connectivity index (χ0n) is 18.6. The Bertz CT molecular complexity index is 930. The van der Waals surface area contributed by atoms with Crippen LogP contribution in [-0.4, -0.2) is 42.9 Å². The van der Waals surface area contributed by atoms with Crippen LogP contribution in [0, 0.1) is 0 Å². The lowest BCUT2D eigenvalue weighted by Gasteiger charge is -2.19. The number of aliphatic hydroxyl groups excluding tert-OH is 1. The van der Waals surface area contributed by atoms with Crippen LogP contribution >= 0.6 is 0 Å². The Hall–Kier alpha value is -2.88. The van der Waals surface area contributed by atoms with Gasteiger partial charge in [0.25, 0.3) is 0 Å². The molecule has 0 aliphatic rings. The Labute approximate surface area is 186 Å². The van der Waals surface area contributed by atoms with Crippen molar-refractivity contribution in [3.05, 3.63) is 102 Å². The highest BCUT2D eigenvalue weighted by Crippen LogP contribution is 2.34. The van der Waals surface area contributed by atoms with Crippen LogP contribution in [0.5, 0.6) is 5.75 Å². The summed E-state index contributed by atoms with van der Waals surface area (Å²) in [6.45, 7) is 8.14. The highest BCUT2D eigenvalue weighted by Gasteiger charge is 2.14. The number of hydrogen-bond donors (Lipinski definition) is 1. The Kier molecular flexibility index (Phi) is 8.89. The third-order valence-corrected chi connectivity index (χ3v) is 5.56. The van der Waals surface area contributed by atoms with Crippen LogP contribution in [0.1, 0.15) is 37.0 Å². The Morgan fingerprint density at radius 1 is 0.742 bits per heavy atom. The van der Waals surface area contributed by atoms with E-state index in [4.69, 9.17) is 4.74 Å². The zero-order chi connectivity index (χ0) is 21.9. The fourth-order valence-electron chi connectivity index (χ4n) is 3.84. The van der Waals surface area contributed by atoms with E-state index in [1.54, 1.807) is 0 Å². The minimum Gasteiger partial charge on any atom is -0.492 e. The fourth-order valence-corrected chi connectivity index (χ4v) is 3.84. The zero-order valence-corrected chi connectivity index (χ0v) is 18.6. The van der Waals surface area contributed by atoms with Gasteiger partial charge in [-0.05, 0) is 59.5 Å². The minimum atomic E-state index is 0.104. The number of ether oxygens (including phenoxy) is 1. The summed E-state index contributed by atoms with van der Waals surface area (Å²) in [5, 5.41) is 9.81. The fraction of sp³-hybridized carbons (Fsp3) is 0.286. The van der Waals surface area contributed by atoms with E-state index in [9.17, 15) is 5.11 Å². The number of benzene rings is 3. The summed E-state index contributed by atoms with van der Waals surface area (Å²) in [6, 6.07) is 29.1. The molecular formula is C28H33NO2. The molecule has 0 saturated carbocycles. The Balaban J connectivity index is 1.93. The second kappa shape index (κ2) is 12.1. The van der Waals surface area contributed by atoms with Gasteiger partial charge in [0.1, 0.15) is 12.4 Å². The molecule has 0 unspecified atom stereocenters. The predicted octanol–water partition coefficient (Wildman–Crippen LogP) is 5.75. The number of nitrogens with zero attached hydrogens (tertiary/aromatic N) is 1. The molecule has 0 aliphatic carbocycles. The topological polar surface area (TPSA) is 32.7 Å². The first-order valence-electron chi connectivity index (χ1n) is 11.2. The molecule has 3 heteroatoms. The smallest absolute Gasteiger partial charge is 0.119 e. The predicted molar refractivity (Wildman–Crippen MR) is 130 cm³/mol. The average Bonchev–Trinajstić information content (AvgIpc) is 2.84. The molecule has 0 spiro atoms. The maximum absolute atomic E-state index is 9.81. The van der Waals surface area contributed by atoms with Gasteiger partial charge in [0.2, 0.25) is 0 Å². The number of likely N-dealkylation sites (N-methyl/N-ethyl adjacent to an activating group) is 1. The van der Waals surface area contributed by atoms with E-state index in [0.29, 0.717) is 13.0 Å². The maximum Gasteiger partial charge on any atom is 0.119 e. The third kappa shape index (κ3) is 6.30. The van der Waals surface area contributed by atoms with Crippen LogP contribution in [0.3, 0.4) is 0 Å². The van der Waals surface area contributed by atoms with Crippen molar-refractivity contribution in [3.63, 3.8) is 0 Å². The van der Waals surface area contributed by atoms with E-state index in [-0.39, 0.29) is 6.61 Å². The molecule has 31 heavy (non-hydrogen) atoms. The Morgan fingerprint density at radius 3 is 1.84 bits per heavy atom. The lowest BCUT2D eigenvalue weighted by molar-refractivity contribution is 0.223. The minimum absolute atomic E-state index is 0.104. The normalized spacial score (nSPS) is 12.0. The van der Waals surface area contributed by atoms with Gasteiger partial charge in [-0.15, -0.1) is 0 Å². The van der Waals surface area contributed by atoms with Crippen molar-refractivity contribution in [3.8, 4) is 5.75 Å². The molecule has 0 heterocycles. The first kappa shape index (κ1) is 22.8. The van der Waals surface area contributed by atoms with E-state index >= 15 is 0 Å². The molecular weight excluding hydrogens is 382 g/mol. The van der Waals surface area contributed by atoms with E-state index < -0.39 is 0 Å². The van der Waals surface area contributed by atoms with Crippen molar-refractivity contribution in [2.75, 3.05) is 32.8 Å². The van der Waals surface area contributed by atoms with Crippen LogP contribution < -0.4 is 4.74 Å². The van der Waals surface area contributed by atoms with Gasteiger partial charge in [-0.2, -0.15) is 0 Å². The second-order valence-electron chi connectivity index (χ2n) is 7.46. The maximum atomic E-state index is 9.81. The molecule has 0 amide bonds. The van der Waals surface area contributed by atoms with Crippen molar-refractivity contribution < 1.29 is 9.84 Å². The molecule has 0 saturated heterocycles. The lowest BCUT2D eigenvalue weighted by Crippen LogP contribution is -2.27. The molecule has 0 aliphatic heterocycles. The SMILES string of the molecule is CCN(CC)CCOc1ccc(/C(=C(/CCO)c2ccccc2)c2ccccc2)cc1. The van der Waals surface area contributed by atoms with Crippen LogP contribution in [0.2, 0.25) is 0 Å². The van der Waals surface area contributed by atoms with E-state index in [0.717, 1.165) is 53.2 Å². The monoisotopic (exact) mass is 415 g/mol. The first-order valence-corrected chi connectivity index (χ1v) is 11.2. The molecule has 0 radical (unpaired) electrons. The van der Waals surface area contributed by atoms with Crippen molar-refractivity contribution >= 4 is 11.1 Å². The molecule has 3 aromatic rings. The van der Waals surface area contributed by atoms with Gasteiger partial charge in [0.05, 0.1) is 0 Å². The molecule has 3 nitrogen and oxygen atoms in total. The van der Waals surface area contributed by atoms with Gasteiger partial charge < -0.3 is 14.7 Å². The van der Waals surface area contributed by atoms with Crippen LogP contribution in [0.15, 0.2) is 84.9 Å². The van der Waals surface area contributed by atoms with E-state index in [2.05, 4.69) is 67.3 Å². The quantitative estimate of drug-likeness (QED) is 0.405. The summed E-state index contributed by atoms with van der Waals surface area (Å²) in [6.07, 6.45) is 0.594. The van der Waals surface area contributed by atoms with Crippen LogP contribution in [0.25, 0.3) is 11.1 Å². The van der Waals surface area contributed by atoms with Gasteiger partial charge in [0.15, 0.2) is 0 Å². The number of aliphatic hydroxyl groups is 1. The standard InChI is InChI=1S/C28H33NO2/c1-3-29(4-2)20-22-31-26-17-15-25(16-18-26)28(24-13-9-6-10-14-24)27(19-21-30)23-11-7-5-8-12-23/h5-18,30H,3-4,19-22H2,1-2H3/b28-27-. The molecule has 0 atom stereocenters. The summed E-state index contributed by atoms with van der Waals surface area (Å²) in [5.41, 5.74) is 5.69. The molecule has 3 rings (SSSR count). The molecule has 3 aromatic carbocycles. The highest BCUT2D eigenvalue weighted by atomic mass is 16.5. The van der Waals surface area contributed by atoms with Crippen molar-refractivity contribution in [1.29, 1.82) is 0 Å². The van der Waals surface area contributed by atoms with Gasteiger partial charge in [0, 0.05) is 13.2 Å². The molecule has 0 fully saturated rings. The lowest BCUT2D eigenvalue weighted by atomic mass is 9.88. The van der Waals surface area contributed by atoms with Crippen molar-refractivity contribution in [2.24, 2.45) is 0 Å². The average molecular weight is 416 g/mol. The first-order chi connectivity index (χ1) is 15.3. The van der Waals surface area contributed by atoms with E-state index in [1.807, 2.05) is 36.4 Å². The summed E-state index contributed by atoms with van der Waals surface area (Å²) >= 11 is 0. The highest BCUT2D eigenvalue weighted by molar-refractivity contribution is 5.98. The molecule has 0 aromatic heterocycles. The summed E-state index contributed by atoms with van der Waals surface area (Å²) in [5.74, 6) is 0.881. The molecule has 0 bridgehead atoms. The van der Waals surface area contributed by atoms with Gasteiger partial charge in [-0.25, -0.2) is 0 Å². The van der Waals surface area contributed by atoms with Crippen molar-refractivity contribution in [2.45, 2.75) is 20.3 Å². The molecule has 1 N–H and O–H groups in total. The number of hydrogen-bond acceptors (Lipinski definition) is 3. The van der Waals surface area contributed by atoms with Gasteiger partial charge in [-0.1, -0.05) is 86.6 Å². The Morgan fingerprint density at radius 2 is 1.29 bits per heavy atom. The van der Waals surface area contributed by atoms with Crippen LogP contribution in [-0.2, 0) is 0 Å². The number of rotatable bonds is 11. The van der Waals surface area contributed by atoms with Gasteiger partial charge in [-0.3, -0.25) is 0 Å². The van der Waals surface area contributed by atoms with Gasteiger partial charge >= 0.3 is 0 Å². The largest absolute Gasteiger partial charge is 0.492 e. The third-order valence-electron chi connectivity index (χ3n) is 5.56. The summed E-state index contributed by atoms with van der Waals surface area (Å²) < 4.78 is 5.98. The summed E-state index contributed by atoms with van der Waals surface area (Å²) in [7, 11) is 0. The second-order valence-corrected chi connectivity index (χ2v) is 7.46. The summed E-state index contributed by atoms with van der Waals surface area (Å²) in [4.78, 5) is 2.35.